The van der Waals surface area contributed by atoms with Crippen LogP contribution < -0.4 is 5.56 Å². The van der Waals surface area contributed by atoms with Crippen molar-refractivity contribution < 1.29 is 8.78 Å². The summed E-state index contributed by atoms with van der Waals surface area (Å²) in [4.78, 5) is 12.5. The zero-order valence-corrected chi connectivity index (χ0v) is 15.1. The maximum atomic E-state index is 13.3. The van der Waals surface area contributed by atoms with Crippen molar-refractivity contribution in [1.82, 2.24) is 14.2 Å². The second-order valence-corrected chi connectivity index (χ2v) is 6.76. The molecule has 0 aliphatic carbocycles. The van der Waals surface area contributed by atoms with Crippen LogP contribution in [0.4, 0.5) is 8.78 Å². The highest BCUT2D eigenvalue weighted by molar-refractivity contribution is 5.42. The number of aromatic nitrogens is 3. The van der Waals surface area contributed by atoms with Crippen LogP contribution in [-0.4, -0.2) is 14.2 Å². The second kappa shape index (κ2) is 7.76. The molecule has 28 heavy (non-hydrogen) atoms. The van der Waals surface area contributed by atoms with Gasteiger partial charge in [0.1, 0.15) is 17.2 Å². The van der Waals surface area contributed by atoms with Crippen LogP contribution >= 0.6 is 0 Å². The number of halogens is 2. The number of aryl methyl sites for hydroxylation is 1. The Labute approximate surface area is 160 Å². The molecule has 0 fully saturated rings. The average molecular weight is 379 g/mol. The van der Waals surface area contributed by atoms with Crippen LogP contribution in [0.25, 0.3) is 5.52 Å². The van der Waals surface area contributed by atoms with Crippen molar-refractivity contribution in [3.05, 3.63) is 106 Å². The molecule has 2 heterocycles. The summed E-state index contributed by atoms with van der Waals surface area (Å²) in [5.41, 5.74) is 2.38. The summed E-state index contributed by atoms with van der Waals surface area (Å²) >= 11 is 0. The van der Waals surface area contributed by atoms with Crippen LogP contribution in [0.1, 0.15) is 29.9 Å². The van der Waals surface area contributed by atoms with Gasteiger partial charge in [0.25, 0.3) is 5.56 Å². The van der Waals surface area contributed by atoms with E-state index in [4.69, 9.17) is 0 Å². The topological polar surface area (TPSA) is 39.3 Å². The minimum Gasteiger partial charge on any atom is -0.312 e. The van der Waals surface area contributed by atoms with Gasteiger partial charge in [-0.1, -0.05) is 24.3 Å². The van der Waals surface area contributed by atoms with Crippen LogP contribution in [0.5, 0.6) is 0 Å². The fourth-order valence-electron chi connectivity index (χ4n) is 3.52. The van der Waals surface area contributed by atoms with Crippen molar-refractivity contribution in [3.8, 4) is 0 Å². The Morgan fingerprint density at radius 1 is 0.857 bits per heavy atom. The number of benzene rings is 2. The molecule has 0 spiro atoms. The summed E-state index contributed by atoms with van der Waals surface area (Å²) < 4.78 is 29.9. The van der Waals surface area contributed by atoms with Crippen LogP contribution in [0.15, 0.2) is 78.0 Å². The lowest BCUT2D eigenvalue weighted by atomic mass is 9.87. The van der Waals surface area contributed by atoms with E-state index in [2.05, 4.69) is 5.10 Å². The third-order valence-electron chi connectivity index (χ3n) is 4.97. The molecule has 4 nitrogen and oxygen atoms in total. The van der Waals surface area contributed by atoms with E-state index in [9.17, 15) is 13.6 Å². The molecule has 4 rings (SSSR count). The Morgan fingerprint density at radius 3 is 2.07 bits per heavy atom. The zero-order chi connectivity index (χ0) is 19.5. The molecule has 0 N–H and O–H groups in total. The highest BCUT2D eigenvalue weighted by atomic mass is 19.1. The number of hydrogen-bond acceptors (Lipinski definition) is 2. The molecule has 0 saturated carbocycles. The molecule has 0 bridgehead atoms. The van der Waals surface area contributed by atoms with E-state index >= 15 is 0 Å². The summed E-state index contributed by atoms with van der Waals surface area (Å²) in [5, 5.41) is 4.06. The predicted molar refractivity (Wildman–Crippen MR) is 103 cm³/mol. The Hall–Kier alpha value is -3.28. The molecular weight excluding hydrogens is 360 g/mol. The lowest BCUT2D eigenvalue weighted by Gasteiger charge is -2.18. The van der Waals surface area contributed by atoms with Gasteiger partial charge >= 0.3 is 0 Å². The van der Waals surface area contributed by atoms with Gasteiger partial charge in [0.05, 0.1) is 6.20 Å². The average Bonchev–Trinajstić information content (AvgIpc) is 3.18. The normalized spacial score (nSPS) is 11.4. The molecule has 2 aromatic heterocycles. The molecule has 0 atom stereocenters. The lowest BCUT2D eigenvalue weighted by molar-refractivity contribution is 0.561. The number of rotatable bonds is 6. The van der Waals surface area contributed by atoms with E-state index in [0.29, 0.717) is 12.1 Å². The van der Waals surface area contributed by atoms with Gasteiger partial charge in [-0.05, 0) is 54.3 Å². The fourth-order valence-corrected chi connectivity index (χ4v) is 3.52. The highest BCUT2D eigenvalue weighted by Gasteiger charge is 2.15. The Bertz CT molecular complexity index is 1090. The molecule has 0 unspecified atom stereocenters. The maximum absolute atomic E-state index is 13.3. The van der Waals surface area contributed by atoms with E-state index < -0.39 is 0 Å². The number of nitrogens with zero attached hydrogens (tertiary/aromatic N) is 3. The molecule has 4 aromatic rings. The summed E-state index contributed by atoms with van der Waals surface area (Å²) in [6, 6.07) is 14.5. The molecule has 0 aliphatic rings. The van der Waals surface area contributed by atoms with Gasteiger partial charge in [-0.15, -0.1) is 0 Å². The maximum Gasteiger partial charge on any atom is 0.276 e. The molecule has 0 amide bonds. The van der Waals surface area contributed by atoms with Crippen LogP contribution in [0.2, 0.25) is 0 Å². The quantitative estimate of drug-likeness (QED) is 0.499. The van der Waals surface area contributed by atoms with Crippen molar-refractivity contribution in [2.45, 2.75) is 25.3 Å². The van der Waals surface area contributed by atoms with Gasteiger partial charge in [0.15, 0.2) is 0 Å². The molecule has 2 aromatic carbocycles. The largest absolute Gasteiger partial charge is 0.312 e. The van der Waals surface area contributed by atoms with Crippen LogP contribution in [0, 0.1) is 11.6 Å². The molecule has 0 radical (unpaired) electrons. The van der Waals surface area contributed by atoms with Gasteiger partial charge in [-0.25, -0.2) is 13.3 Å². The van der Waals surface area contributed by atoms with Crippen molar-refractivity contribution in [3.63, 3.8) is 0 Å². The smallest absolute Gasteiger partial charge is 0.276 e. The third kappa shape index (κ3) is 3.71. The zero-order valence-electron chi connectivity index (χ0n) is 15.1. The summed E-state index contributed by atoms with van der Waals surface area (Å²) in [6.07, 6.45) is 6.57. The third-order valence-corrected chi connectivity index (χ3v) is 4.97. The molecular formula is C22H19F2N3O. The number of hydrogen-bond donors (Lipinski definition) is 0. The Morgan fingerprint density at radius 2 is 1.46 bits per heavy atom. The van der Waals surface area contributed by atoms with Crippen molar-refractivity contribution in [1.29, 1.82) is 0 Å². The van der Waals surface area contributed by atoms with Crippen LogP contribution in [0.3, 0.4) is 0 Å². The highest BCUT2D eigenvalue weighted by Crippen LogP contribution is 2.29. The molecule has 6 heteroatoms. The van der Waals surface area contributed by atoms with Gasteiger partial charge in [0.2, 0.25) is 0 Å². The monoisotopic (exact) mass is 379 g/mol. The standard InChI is InChI=1S/C22H19F2N3O/c23-18-7-3-16(4-8-18)20(17-5-9-19(24)10-6-17)2-1-13-26-14-15-27-21(22(26)28)11-12-25-27/h3-12,14-15,20H,1-2,13H2. The molecule has 0 saturated heterocycles. The van der Waals surface area contributed by atoms with Crippen molar-refractivity contribution >= 4 is 5.52 Å². The van der Waals surface area contributed by atoms with Crippen LogP contribution in [-0.2, 0) is 6.54 Å². The molecule has 142 valence electrons. The first-order valence-corrected chi connectivity index (χ1v) is 9.15. The summed E-state index contributed by atoms with van der Waals surface area (Å²) in [6.45, 7) is 0.555. The fraction of sp³-hybridized carbons (Fsp3) is 0.182. The van der Waals surface area contributed by atoms with Gasteiger partial charge in [-0.2, -0.15) is 5.10 Å². The number of fused-ring (bicyclic) bond motifs is 1. The van der Waals surface area contributed by atoms with E-state index in [-0.39, 0.29) is 23.1 Å². The minimum absolute atomic E-state index is 0.00407. The Kier molecular flexibility index (Phi) is 5.02. The van der Waals surface area contributed by atoms with Crippen molar-refractivity contribution in [2.24, 2.45) is 0 Å². The van der Waals surface area contributed by atoms with Gasteiger partial charge in [0, 0.05) is 24.9 Å². The van der Waals surface area contributed by atoms with Crippen molar-refractivity contribution in [2.75, 3.05) is 0 Å². The van der Waals surface area contributed by atoms with E-state index in [1.54, 1.807) is 58.0 Å². The van der Waals surface area contributed by atoms with Gasteiger partial charge < -0.3 is 4.57 Å². The SMILES string of the molecule is O=c1c2ccnn2ccn1CCCC(c1ccc(F)cc1)c1ccc(F)cc1. The summed E-state index contributed by atoms with van der Waals surface area (Å²) in [7, 11) is 0. The molecule has 0 aliphatic heterocycles. The van der Waals surface area contributed by atoms with E-state index in [1.807, 2.05) is 0 Å². The minimum atomic E-state index is -0.290. The second-order valence-electron chi connectivity index (χ2n) is 6.76. The lowest BCUT2D eigenvalue weighted by Crippen LogP contribution is -2.21. The van der Waals surface area contributed by atoms with E-state index in [1.165, 1.54) is 24.3 Å². The predicted octanol–water partition coefficient (Wildman–Crippen LogP) is 4.39. The van der Waals surface area contributed by atoms with Gasteiger partial charge in [-0.3, -0.25) is 4.79 Å². The Balaban J connectivity index is 1.55. The first kappa shape index (κ1) is 18.1. The van der Waals surface area contributed by atoms with E-state index in [0.717, 1.165) is 24.0 Å². The first-order chi connectivity index (χ1) is 13.6. The first-order valence-electron chi connectivity index (χ1n) is 9.15. The summed E-state index contributed by atoms with van der Waals surface area (Å²) in [5.74, 6) is -0.583.